The molecule has 0 spiro atoms. The Morgan fingerprint density at radius 1 is 0.603 bits per heavy atom. The third-order valence-corrected chi connectivity index (χ3v) is 12.0. The summed E-state index contributed by atoms with van der Waals surface area (Å²) in [5, 5.41) is 22.0. The average molecular weight is 789 g/mol. The number of esters is 1. The average Bonchev–Trinajstić information content (AvgIpc) is 3.16. The number of hydrogen-bond acceptors (Lipinski definition) is 8. The van der Waals surface area contributed by atoms with Crippen molar-refractivity contribution in [1.82, 2.24) is 0 Å². The minimum atomic E-state index is -1.08. The minimum Gasteiger partial charge on any atom is -0.507 e. The van der Waals surface area contributed by atoms with E-state index in [1.165, 1.54) is 17.2 Å². The van der Waals surface area contributed by atoms with Gasteiger partial charge in [-0.2, -0.15) is 0 Å². The van der Waals surface area contributed by atoms with Gasteiger partial charge in [0.25, 0.3) is 0 Å². The van der Waals surface area contributed by atoms with Crippen molar-refractivity contribution < 1.29 is 38.8 Å². The van der Waals surface area contributed by atoms with Crippen LogP contribution in [0.15, 0.2) is 84.9 Å². The molecule has 0 saturated carbocycles. The Morgan fingerprint density at radius 3 is 1.60 bits per heavy atom. The van der Waals surface area contributed by atoms with Gasteiger partial charge in [0.15, 0.2) is 11.6 Å². The molecule has 4 aromatic carbocycles. The quantitative estimate of drug-likeness (QED) is 0.0548. The maximum absolute atomic E-state index is 13.9. The Bertz CT molecular complexity index is 2030. The predicted octanol–water partition coefficient (Wildman–Crippen LogP) is 10.5. The van der Waals surface area contributed by atoms with Crippen molar-refractivity contribution in [3.63, 3.8) is 0 Å². The van der Waals surface area contributed by atoms with Gasteiger partial charge in [-0.25, -0.2) is 0 Å². The highest BCUT2D eigenvalue weighted by atomic mass is 16.5. The minimum absolute atomic E-state index is 0.0481. The van der Waals surface area contributed by atoms with Gasteiger partial charge in [0.1, 0.15) is 28.9 Å². The molecule has 0 bridgehead atoms. The molecule has 6 rings (SSSR count). The van der Waals surface area contributed by atoms with Crippen LogP contribution in [0, 0.1) is 22.7 Å². The summed E-state index contributed by atoms with van der Waals surface area (Å²) in [6.07, 6.45) is 9.89. The molecule has 4 aromatic rings. The van der Waals surface area contributed by atoms with Crippen LogP contribution in [-0.4, -0.2) is 47.6 Å². The van der Waals surface area contributed by atoms with Crippen LogP contribution in [0.4, 0.5) is 0 Å². The van der Waals surface area contributed by atoms with Gasteiger partial charge < -0.3 is 24.4 Å². The fourth-order valence-corrected chi connectivity index (χ4v) is 8.94. The summed E-state index contributed by atoms with van der Waals surface area (Å²) in [5.74, 6) is -1.85. The normalized spacial score (nSPS) is 17.9. The topological polar surface area (TPSA) is 119 Å². The van der Waals surface area contributed by atoms with E-state index in [0.717, 1.165) is 56.9 Å². The van der Waals surface area contributed by atoms with Crippen molar-refractivity contribution in [3.05, 3.63) is 118 Å². The van der Waals surface area contributed by atoms with Crippen LogP contribution >= 0.6 is 0 Å². The van der Waals surface area contributed by atoms with E-state index in [2.05, 4.69) is 62.4 Å². The number of aromatic hydroxyl groups is 2. The second-order valence-corrected chi connectivity index (χ2v) is 17.6. The Morgan fingerprint density at radius 2 is 1.09 bits per heavy atom. The third kappa shape index (κ3) is 10.5. The van der Waals surface area contributed by atoms with Gasteiger partial charge in [-0.1, -0.05) is 88.4 Å². The molecule has 2 aliphatic rings. The summed E-state index contributed by atoms with van der Waals surface area (Å²) in [7, 11) is 0. The molecule has 0 fully saturated rings. The zero-order chi connectivity index (χ0) is 41.3. The van der Waals surface area contributed by atoms with Crippen molar-refractivity contribution >= 4 is 17.5 Å². The summed E-state index contributed by atoms with van der Waals surface area (Å²) in [5.41, 5.74) is 3.44. The van der Waals surface area contributed by atoms with Crippen LogP contribution in [0.2, 0.25) is 0 Å². The maximum Gasteiger partial charge on any atom is 0.317 e. The standard InChI is InChI=1S/C50H60O8/c1-49(2)32-36-28-38(56-25-15-7-13-22-34-18-9-5-10-19-34)30-41(51)43(36)46(53)40(49)24-17-27-58-48(55)45-47(54)44-37(33-50(45,3)4)29-39(31-42(44)52)57-26-16-8-14-23-35-20-11-6-12-21-35/h5-6,9-12,18-21,28-31,40,45,51-52H,7-8,13-17,22-27,32-33H2,1-4H3. The molecule has 0 saturated heterocycles. The number of benzene rings is 4. The first-order valence-corrected chi connectivity index (χ1v) is 21.1. The first-order valence-electron chi connectivity index (χ1n) is 21.1. The molecule has 2 aliphatic carbocycles. The number of ether oxygens (including phenoxy) is 3. The molecule has 2 N–H and O–H groups in total. The SMILES string of the molecule is CC1(C)Cc2cc(OCCCCCc3ccccc3)cc(O)c2C(=O)C1CCCOC(=O)C1C(=O)c2c(O)cc(OCCCCCc3ccccc3)cc2CC1(C)C. The number of unbranched alkanes of at least 4 members (excludes halogenated alkanes) is 4. The summed E-state index contributed by atoms with van der Waals surface area (Å²) < 4.78 is 17.7. The Hall–Kier alpha value is -5.11. The number of rotatable bonds is 19. The van der Waals surface area contributed by atoms with Crippen LogP contribution in [0.3, 0.4) is 0 Å². The first-order chi connectivity index (χ1) is 27.8. The number of Topliss-reactive ketones (excluding diaryl/α,β-unsaturated/α-hetero) is 2. The highest BCUT2D eigenvalue weighted by Gasteiger charge is 2.48. The van der Waals surface area contributed by atoms with E-state index in [0.29, 0.717) is 61.5 Å². The molecule has 0 aromatic heterocycles. The molecule has 2 atom stereocenters. The molecular formula is C50H60O8. The van der Waals surface area contributed by atoms with E-state index in [9.17, 15) is 24.6 Å². The smallest absolute Gasteiger partial charge is 0.317 e. The number of carbonyl (C=O) groups excluding carboxylic acids is 3. The monoisotopic (exact) mass is 788 g/mol. The zero-order valence-corrected chi connectivity index (χ0v) is 34.7. The molecule has 308 valence electrons. The van der Waals surface area contributed by atoms with Crippen molar-refractivity contribution in [3.8, 4) is 23.0 Å². The van der Waals surface area contributed by atoms with E-state index < -0.39 is 28.5 Å². The lowest BCUT2D eigenvalue weighted by atomic mass is 9.64. The van der Waals surface area contributed by atoms with Crippen LogP contribution in [-0.2, 0) is 35.2 Å². The van der Waals surface area contributed by atoms with E-state index >= 15 is 0 Å². The Labute approximate surface area is 343 Å². The Balaban J connectivity index is 0.969. The number of phenolic OH excluding ortho intramolecular Hbond substituents is 2. The van der Waals surface area contributed by atoms with Gasteiger partial charge in [0.2, 0.25) is 0 Å². The van der Waals surface area contributed by atoms with Gasteiger partial charge in [0, 0.05) is 18.1 Å². The molecule has 8 nitrogen and oxygen atoms in total. The fourth-order valence-electron chi connectivity index (χ4n) is 8.94. The zero-order valence-electron chi connectivity index (χ0n) is 34.7. The summed E-state index contributed by atoms with van der Waals surface area (Å²) in [6, 6.07) is 27.5. The lowest BCUT2D eigenvalue weighted by Gasteiger charge is -2.39. The Kier molecular flexibility index (Phi) is 14.0. The van der Waals surface area contributed by atoms with Crippen LogP contribution in [0.25, 0.3) is 0 Å². The molecule has 8 heteroatoms. The lowest BCUT2D eigenvalue weighted by molar-refractivity contribution is -0.150. The second kappa shape index (κ2) is 19.1. The molecule has 0 heterocycles. The molecule has 58 heavy (non-hydrogen) atoms. The van der Waals surface area contributed by atoms with E-state index in [4.69, 9.17) is 14.2 Å². The van der Waals surface area contributed by atoms with Crippen molar-refractivity contribution in [2.24, 2.45) is 22.7 Å². The van der Waals surface area contributed by atoms with E-state index in [-0.39, 0.29) is 35.4 Å². The number of phenols is 2. The number of aryl methyl sites for hydroxylation is 2. The molecule has 0 radical (unpaired) electrons. The van der Waals surface area contributed by atoms with E-state index in [1.54, 1.807) is 6.07 Å². The summed E-state index contributed by atoms with van der Waals surface area (Å²) in [6.45, 7) is 8.93. The first kappa shape index (κ1) is 42.5. The summed E-state index contributed by atoms with van der Waals surface area (Å²) >= 11 is 0. The fraction of sp³-hybridized carbons (Fsp3) is 0.460. The molecule has 2 unspecified atom stereocenters. The van der Waals surface area contributed by atoms with E-state index in [1.807, 2.05) is 38.1 Å². The lowest BCUT2D eigenvalue weighted by Crippen LogP contribution is -2.44. The van der Waals surface area contributed by atoms with Crippen molar-refractivity contribution in [2.45, 2.75) is 105 Å². The van der Waals surface area contributed by atoms with Crippen LogP contribution < -0.4 is 9.47 Å². The van der Waals surface area contributed by atoms with Crippen molar-refractivity contribution in [2.75, 3.05) is 19.8 Å². The second-order valence-electron chi connectivity index (χ2n) is 17.6. The number of ketones is 2. The van der Waals surface area contributed by atoms with Gasteiger partial charge in [-0.05, 0) is 122 Å². The number of carbonyl (C=O) groups is 3. The van der Waals surface area contributed by atoms with Gasteiger partial charge >= 0.3 is 5.97 Å². The third-order valence-electron chi connectivity index (χ3n) is 12.0. The highest BCUT2D eigenvalue weighted by Crippen LogP contribution is 2.47. The van der Waals surface area contributed by atoms with Gasteiger partial charge in [-0.3, -0.25) is 14.4 Å². The molecule has 0 aliphatic heterocycles. The predicted molar refractivity (Wildman–Crippen MR) is 226 cm³/mol. The largest absolute Gasteiger partial charge is 0.507 e. The van der Waals surface area contributed by atoms with Gasteiger partial charge in [-0.15, -0.1) is 0 Å². The van der Waals surface area contributed by atoms with Crippen LogP contribution in [0.5, 0.6) is 23.0 Å². The molecule has 0 amide bonds. The summed E-state index contributed by atoms with van der Waals surface area (Å²) in [4.78, 5) is 41.2. The van der Waals surface area contributed by atoms with Gasteiger partial charge in [0.05, 0.1) is 30.9 Å². The number of hydrogen-bond donors (Lipinski definition) is 2. The van der Waals surface area contributed by atoms with Crippen molar-refractivity contribution in [1.29, 1.82) is 0 Å². The highest BCUT2D eigenvalue weighted by molar-refractivity contribution is 6.12. The maximum atomic E-state index is 13.9. The molecular weight excluding hydrogens is 729 g/mol. The number of fused-ring (bicyclic) bond motifs is 2. The van der Waals surface area contributed by atoms with Crippen LogP contribution in [0.1, 0.15) is 122 Å².